The van der Waals surface area contributed by atoms with Crippen molar-refractivity contribution >= 4 is 0 Å². The van der Waals surface area contributed by atoms with Crippen molar-refractivity contribution in [3.05, 3.63) is 0 Å². The van der Waals surface area contributed by atoms with Crippen molar-refractivity contribution < 1.29 is 0 Å². The molecule has 0 aliphatic heterocycles. The Morgan fingerprint density at radius 1 is 0.458 bits per heavy atom. The summed E-state index contributed by atoms with van der Waals surface area (Å²) in [4.78, 5) is 2.69. The summed E-state index contributed by atoms with van der Waals surface area (Å²) in [5.74, 6) is 0. The third-order valence-corrected chi connectivity index (χ3v) is 5.61. The van der Waals surface area contributed by atoms with E-state index >= 15 is 0 Å². The van der Waals surface area contributed by atoms with Gasteiger partial charge in [-0.1, -0.05) is 118 Å². The van der Waals surface area contributed by atoms with Crippen LogP contribution in [0.2, 0.25) is 0 Å². The van der Waals surface area contributed by atoms with Crippen LogP contribution in [0.4, 0.5) is 0 Å². The smallest absolute Gasteiger partial charge is 0.00950 e. The fraction of sp³-hybridized carbons (Fsp3) is 1.00. The lowest BCUT2D eigenvalue weighted by atomic mass is 9.99. The molecule has 24 heavy (non-hydrogen) atoms. The van der Waals surface area contributed by atoms with E-state index < -0.39 is 0 Å². The second-order valence-electron chi connectivity index (χ2n) is 7.70. The van der Waals surface area contributed by atoms with Gasteiger partial charge in [-0.25, -0.2) is 0 Å². The molecule has 0 fully saturated rings. The minimum atomic E-state index is 0.850. The minimum absolute atomic E-state index is 0.850. The van der Waals surface area contributed by atoms with E-state index in [1.807, 2.05) is 0 Å². The van der Waals surface area contributed by atoms with Gasteiger partial charge in [-0.2, -0.15) is 0 Å². The Morgan fingerprint density at radius 2 is 0.833 bits per heavy atom. The molecule has 0 aliphatic carbocycles. The molecule has 1 unspecified atom stereocenters. The fourth-order valence-electron chi connectivity index (χ4n) is 3.91. The van der Waals surface area contributed by atoms with Gasteiger partial charge in [-0.05, 0) is 25.9 Å². The molecule has 0 N–H and O–H groups in total. The van der Waals surface area contributed by atoms with Crippen LogP contribution in [-0.2, 0) is 0 Å². The van der Waals surface area contributed by atoms with Crippen LogP contribution in [0.25, 0.3) is 0 Å². The first kappa shape index (κ1) is 24.0. The average Bonchev–Trinajstić information content (AvgIpc) is 2.60. The van der Waals surface area contributed by atoms with E-state index in [4.69, 9.17) is 0 Å². The highest BCUT2D eigenvalue weighted by molar-refractivity contribution is 4.70. The summed E-state index contributed by atoms with van der Waals surface area (Å²) in [6.07, 6.45) is 23.1. The van der Waals surface area contributed by atoms with Crippen molar-refractivity contribution in [3.8, 4) is 0 Å². The second kappa shape index (κ2) is 19.3. The Hall–Kier alpha value is -0.0400. The summed E-state index contributed by atoms with van der Waals surface area (Å²) in [6, 6.07) is 0.850. The molecule has 0 saturated heterocycles. The van der Waals surface area contributed by atoms with Crippen molar-refractivity contribution in [1.29, 1.82) is 0 Å². The lowest BCUT2D eigenvalue weighted by Crippen LogP contribution is -2.35. The van der Waals surface area contributed by atoms with Gasteiger partial charge in [0, 0.05) is 6.04 Å². The number of hydrogen-bond donors (Lipinski definition) is 0. The third kappa shape index (κ3) is 14.3. The summed E-state index contributed by atoms with van der Waals surface area (Å²) >= 11 is 0. The normalized spacial score (nSPS) is 12.9. The van der Waals surface area contributed by atoms with E-state index in [1.165, 1.54) is 116 Å². The molecular weight excluding hydrogens is 290 g/mol. The van der Waals surface area contributed by atoms with Crippen molar-refractivity contribution in [2.75, 3.05) is 13.1 Å². The first-order valence-corrected chi connectivity index (χ1v) is 11.5. The SMILES string of the molecule is CCCCCCCCCCCCCCC(CCCC)N(CC)CC. The van der Waals surface area contributed by atoms with Crippen LogP contribution in [-0.4, -0.2) is 24.0 Å². The quantitative estimate of drug-likeness (QED) is 0.216. The molecule has 0 aromatic carbocycles. The standard InChI is InChI=1S/C23H49N/c1-5-9-11-12-13-14-15-16-17-18-19-20-22-23(21-10-6-2)24(7-3)8-4/h23H,5-22H2,1-4H3. The van der Waals surface area contributed by atoms with E-state index in [2.05, 4.69) is 32.6 Å². The molecule has 0 saturated carbocycles. The molecule has 1 nitrogen and oxygen atoms in total. The number of unbranched alkanes of at least 4 members (excludes halogenated alkanes) is 12. The highest BCUT2D eigenvalue weighted by atomic mass is 15.1. The molecule has 0 heterocycles. The van der Waals surface area contributed by atoms with Crippen LogP contribution in [0, 0.1) is 0 Å². The van der Waals surface area contributed by atoms with Gasteiger partial charge >= 0.3 is 0 Å². The van der Waals surface area contributed by atoms with Gasteiger partial charge in [0.25, 0.3) is 0 Å². The molecule has 0 aromatic rings. The molecule has 0 bridgehead atoms. The summed E-state index contributed by atoms with van der Waals surface area (Å²) < 4.78 is 0. The van der Waals surface area contributed by atoms with Crippen molar-refractivity contribution in [2.45, 2.75) is 136 Å². The van der Waals surface area contributed by atoms with Crippen LogP contribution in [0.1, 0.15) is 130 Å². The van der Waals surface area contributed by atoms with Crippen LogP contribution >= 0.6 is 0 Å². The van der Waals surface area contributed by atoms with Crippen LogP contribution in [0.15, 0.2) is 0 Å². The van der Waals surface area contributed by atoms with Gasteiger partial charge in [0.15, 0.2) is 0 Å². The van der Waals surface area contributed by atoms with E-state index in [1.54, 1.807) is 0 Å². The van der Waals surface area contributed by atoms with Gasteiger partial charge in [0.05, 0.1) is 0 Å². The Morgan fingerprint density at radius 3 is 1.25 bits per heavy atom. The molecule has 1 heteroatoms. The van der Waals surface area contributed by atoms with Crippen molar-refractivity contribution in [2.24, 2.45) is 0 Å². The topological polar surface area (TPSA) is 3.24 Å². The van der Waals surface area contributed by atoms with Crippen molar-refractivity contribution in [1.82, 2.24) is 4.90 Å². The number of nitrogens with zero attached hydrogens (tertiary/aromatic N) is 1. The Balaban J connectivity index is 3.50. The van der Waals surface area contributed by atoms with E-state index in [9.17, 15) is 0 Å². The monoisotopic (exact) mass is 339 g/mol. The fourth-order valence-corrected chi connectivity index (χ4v) is 3.91. The highest BCUT2D eigenvalue weighted by Gasteiger charge is 2.14. The van der Waals surface area contributed by atoms with Gasteiger partial charge in [-0.15, -0.1) is 0 Å². The lowest BCUT2D eigenvalue weighted by molar-refractivity contribution is 0.188. The van der Waals surface area contributed by atoms with E-state index in [-0.39, 0.29) is 0 Å². The van der Waals surface area contributed by atoms with E-state index in [0.717, 1.165) is 6.04 Å². The van der Waals surface area contributed by atoms with Gasteiger partial charge in [-0.3, -0.25) is 0 Å². The van der Waals surface area contributed by atoms with Crippen molar-refractivity contribution in [3.63, 3.8) is 0 Å². The Kier molecular flexibility index (Phi) is 19.3. The zero-order valence-corrected chi connectivity index (χ0v) is 17.8. The predicted octanol–water partition coefficient (Wildman–Crippen LogP) is 7.98. The second-order valence-corrected chi connectivity index (χ2v) is 7.70. The highest BCUT2D eigenvalue weighted by Crippen LogP contribution is 2.18. The molecule has 1 atom stereocenters. The summed E-state index contributed by atoms with van der Waals surface area (Å²) in [5.41, 5.74) is 0. The molecule has 0 amide bonds. The molecular formula is C23H49N. The summed E-state index contributed by atoms with van der Waals surface area (Å²) in [6.45, 7) is 11.7. The van der Waals surface area contributed by atoms with Crippen LogP contribution in [0.5, 0.6) is 0 Å². The van der Waals surface area contributed by atoms with E-state index in [0.29, 0.717) is 0 Å². The number of hydrogen-bond acceptors (Lipinski definition) is 1. The zero-order valence-electron chi connectivity index (χ0n) is 17.8. The first-order valence-electron chi connectivity index (χ1n) is 11.5. The van der Waals surface area contributed by atoms with Crippen LogP contribution in [0.3, 0.4) is 0 Å². The Bertz CT molecular complexity index is 222. The molecule has 0 radical (unpaired) electrons. The molecule has 0 aliphatic rings. The minimum Gasteiger partial charge on any atom is -0.301 e. The molecule has 146 valence electrons. The largest absolute Gasteiger partial charge is 0.301 e. The number of rotatable bonds is 19. The van der Waals surface area contributed by atoms with Gasteiger partial charge in [0.1, 0.15) is 0 Å². The first-order chi connectivity index (χ1) is 11.8. The van der Waals surface area contributed by atoms with Crippen LogP contribution < -0.4 is 0 Å². The maximum Gasteiger partial charge on any atom is 0.00950 e. The maximum atomic E-state index is 2.69. The molecule has 0 spiro atoms. The Labute approximate surface area is 155 Å². The zero-order chi connectivity index (χ0) is 17.9. The lowest BCUT2D eigenvalue weighted by Gasteiger charge is -2.29. The predicted molar refractivity (Wildman–Crippen MR) is 112 cm³/mol. The molecule has 0 aromatic heterocycles. The van der Waals surface area contributed by atoms with Gasteiger partial charge in [0.2, 0.25) is 0 Å². The summed E-state index contributed by atoms with van der Waals surface area (Å²) in [5, 5.41) is 0. The van der Waals surface area contributed by atoms with Gasteiger partial charge < -0.3 is 4.90 Å². The maximum absolute atomic E-state index is 2.69. The summed E-state index contributed by atoms with van der Waals surface area (Å²) in [7, 11) is 0. The average molecular weight is 340 g/mol. The third-order valence-electron chi connectivity index (χ3n) is 5.61. The molecule has 0 rings (SSSR count).